The van der Waals surface area contributed by atoms with Crippen molar-refractivity contribution >= 4 is 52.3 Å². The van der Waals surface area contributed by atoms with E-state index < -0.39 is 17.6 Å². The number of anilines is 2. The second-order valence-electron chi connectivity index (χ2n) is 5.61. The first kappa shape index (κ1) is 22.5. The SMILES string of the molecule is O=C(CSCC(=O)Nc1ccccc1)NNC(=S)Nc1ccc(C(F)(F)F)cc1. The Morgan fingerprint density at radius 1 is 0.828 bits per heavy atom. The summed E-state index contributed by atoms with van der Waals surface area (Å²) in [6, 6.07) is 13.2. The van der Waals surface area contributed by atoms with Crippen molar-refractivity contribution < 1.29 is 22.8 Å². The van der Waals surface area contributed by atoms with E-state index in [1.165, 1.54) is 12.1 Å². The highest BCUT2D eigenvalue weighted by molar-refractivity contribution is 8.00. The van der Waals surface area contributed by atoms with Gasteiger partial charge in [-0.2, -0.15) is 13.2 Å². The zero-order valence-corrected chi connectivity index (χ0v) is 16.5. The van der Waals surface area contributed by atoms with Crippen molar-refractivity contribution in [3.05, 3.63) is 60.2 Å². The first-order valence-corrected chi connectivity index (χ1v) is 9.76. The normalized spacial score (nSPS) is 10.7. The number of nitrogens with one attached hydrogen (secondary N) is 4. The van der Waals surface area contributed by atoms with Crippen LogP contribution in [-0.4, -0.2) is 28.4 Å². The van der Waals surface area contributed by atoms with Crippen LogP contribution in [0.5, 0.6) is 0 Å². The Hall–Kier alpha value is -2.79. The molecule has 0 aromatic heterocycles. The monoisotopic (exact) mass is 442 g/mol. The fourth-order valence-electron chi connectivity index (χ4n) is 2.02. The molecule has 0 bridgehead atoms. The molecule has 4 N–H and O–H groups in total. The molecule has 11 heteroatoms. The van der Waals surface area contributed by atoms with E-state index in [0.717, 1.165) is 23.9 Å². The molecule has 2 rings (SSSR count). The maximum Gasteiger partial charge on any atom is 0.416 e. The van der Waals surface area contributed by atoms with E-state index in [4.69, 9.17) is 12.2 Å². The summed E-state index contributed by atoms with van der Waals surface area (Å²) in [5.74, 6) is -0.546. The maximum atomic E-state index is 12.5. The Morgan fingerprint density at radius 3 is 2.03 bits per heavy atom. The highest BCUT2D eigenvalue weighted by Gasteiger charge is 2.29. The summed E-state index contributed by atoms with van der Waals surface area (Å²) in [7, 11) is 0. The number of benzene rings is 2. The number of amides is 2. The first-order chi connectivity index (χ1) is 13.7. The summed E-state index contributed by atoms with van der Waals surface area (Å²) in [5.41, 5.74) is 5.00. The van der Waals surface area contributed by atoms with E-state index in [1.54, 1.807) is 24.3 Å². The molecule has 0 unspecified atom stereocenters. The van der Waals surface area contributed by atoms with Gasteiger partial charge < -0.3 is 10.6 Å². The van der Waals surface area contributed by atoms with Gasteiger partial charge in [0, 0.05) is 11.4 Å². The Bertz CT molecular complexity index is 846. The second kappa shape index (κ2) is 10.7. The number of para-hydroxylation sites is 1. The van der Waals surface area contributed by atoms with Crippen molar-refractivity contribution in [2.75, 3.05) is 22.1 Å². The maximum absolute atomic E-state index is 12.5. The Kier molecular flexibility index (Phi) is 8.28. The molecule has 2 aromatic carbocycles. The lowest BCUT2D eigenvalue weighted by molar-refractivity contribution is -0.137. The Balaban J connectivity index is 1.64. The van der Waals surface area contributed by atoms with Gasteiger partial charge >= 0.3 is 6.18 Å². The summed E-state index contributed by atoms with van der Waals surface area (Å²) in [6.45, 7) is 0. The van der Waals surface area contributed by atoms with E-state index in [2.05, 4.69) is 21.5 Å². The fourth-order valence-corrected chi connectivity index (χ4v) is 2.81. The number of rotatable bonds is 6. The summed E-state index contributed by atoms with van der Waals surface area (Å²) in [5, 5.41) is 5.35. The van der Waals surface area contributed by atoms with Crippen LogP contribution in [-0.2, 0) is 15.8 Å². The van der Waals surface area contributed by atoms with Crippen molar-refractivity contribution in [1.82, 2.24) is 10.9 Å². The van der Waals surface area contributed by atoms with Crippen LogP contribution in [0.15, 0.2) is 54.6 Å². The van der Waals surface area contributed by atoms with Gasteiger partial charge in [0.25, 0.3) is 0 Å². The van der Waals surface area contributed by atoms with Crippen LogP contribution in [0.3, 0.4) is 0 Å². The molecule has 0 heterocycles. The molecule has 154 valence electrons. The third kappa shape index (κ3) is 8.40. The zero-order chi connectivity index (χ0) is 21.3. The van der Waals surface area contributed by atoms with Crippen LogP contribution in [0.25, 0.3) is 0 Å². The second-order valence-corrected chi connectivity index (χ2v) is 7.00. The van der Waals surface area contributed by atoms with Gasteiger partial charge in [0.05, 0.1) is 17.1 Å². The lowest BCUT2D eigenvalue weighted by atomic mass is 10.2. The van der Waals surface area contributed by atoms with Crippen LogP contribution in [0.4, 0.5) is 24.5 Å². The standard InChI is InChI=1S/C18H17F3N4O2S2/c19-18(20,21)12-6-8-14(9-7-12)23-17(28)25-24-16(27)11-29-10-15(26)22-13-4-2-1-3-5-13/h1-9H,10-11H2,(H,22,26)(H,24,27)(H2,23,25,28). The van der Waals surface area contributed by atoms with Crippen molar-refractivity contribution in [2.24, 2.45) is 0 Å². The predicted octanol–water partition coefficient (Wildman–Crippen LogP) is 3.39. The van der Waals surface area contributed by atoms with Crippen LogP contribution in [0.2, 0.25) is 0 Å². The number of thiocarbonyl (C=S) groups is 1. The average molecular weight is 442 g/mol. The summed E-state index contributed by atoms with van der Waals surface area (Å²) < 4.78 is 37.6. The third-order valence-corrected chi connectivity index (χ3v) is 4.45. The van der Waals surface area contributed by atoms with Gasteiger partial charge in [-0.05, 0) is 48.6 Å². The van der Waals surface area contributed by atoms with Crippen LogP contribution < -0.4 is 21.5 Å². The quantitative estimate of drug-likeness (QED) is 0.406. The summed E-state index contributed by atoms with van der Waals surface area (Å²) >= 11 is 6.07. The van der Waals surface area contributed by atoms with Crippen molar-refractivity contribution in [1.29, 1.82) is 0 Å². The molecular formula is C18H17F3N4O2S2. The lowest BCUT2D eigenvalue weighted by Gasteiger charge is -2.12. The van der Waals surface area contributed by atoms with E-state index >= 15 is 0 Å². The molecule has 29 heavy (non-hydrogen) atoms. The smallest absolute Gasteiger partial charge is 0.331 e. The molecule has 6 nitrogen and oxygen atoms in total. The van der Waals surface area contributed by atoms with Crippen LogP contribution in [0.1, 0.15) is 5.56 Å². The topological polar surface area (TPSA) is 82.3 Å². The number of carbonyl (C=O) groups excluding carboxylic acids is 2. The molecular weight excluding hydrogens is 425 g/mol. The minimum atomic E-state index is -4.42. The minimum Gasteiger partial charge on any atom is -0.331 e. The molecule has 2 amide bonds. The number of thioether (sulfide) groups is 1. The van der Waals surface area contributed by atoms with Gasteiger partial charge in [-0.15, -0.1) is 11.8 Å². The molecule has 0 saturated carbocycles. The van der Waals surface area contributed by atoms with Crippen molar-refractivity contribution in [2.45, 2.75) is 6.18 Å². The van der Waals surface area contributed by atoms with Gasteiger partial charge in [-0.1, -0.05) is 18.2 Å². The Labute approximate surface area is 174 Å². The third-order valence-electron chi connectivity index (χ3n) is 3.31. The molecule has 0 radical (unpaired) electrons. The molecule has 0 spiro atoms. The van der Waals surface area contributed by atoms with E-state index in [1.807, 2.05) is 6.07 Å². The molecule has 0 saturated heterocycles. The number of halogens is 3. The van der Waals surface area contributed by atoms with Gasteiger partial charge in [0.2, 0.25) is 11.8 Å². The average Bonchev–Trinajstić information content (AvgIpc) is 2.67. The summed E-state index contributed by atoms with van der Waals surface area (Å²) in [4.78, 5) is 23.5. The van der Waals surface area contributed by atoms with Gasteiger partial charge in [-0.25, -0.2) is 0 Å². The number of hydrazine groups is 1. The first-order valence-electron chi connectivity index (χ1n) is 8.20. The molecule has 2 aromatic rings. The van der Waals surface area contributed by atoms with E-state index in [0.29, 0.717) is 11.4 Å². The number of carbonyl (C=O) groups is 2. The van der Waals surface area contributed by atoms with Gasteiger partial charge in [-0.3, -0.25) is 20.4 Å². The molecule has 0 aliphatic heterocycles. The van der Waals surface area contributed by atoms with Gasteiger partial charge in [0.15, 0.2) is 5.11 Å². The molecule has 0 fully saturated rings. The lowest BCUT2D eigenvalue weighted by Crippen LogP contribution is -2.44. The van der Waals surface area contributed by atoms with Crippen LogP contribution >= 0.6 is 24.0 Å². The van der Waals surface area contributed by atoms with Crippen molar-refractivity contribution in [3.63, 3.8) is 0 Å². The molecule has 0 aliphatic carbocycles. The minimum absolute atomic E-state index is 0.00456. The van der Waals surface area contributed by atoms with E-state index in [-0.39, 0.29) is 22.5 Å². The van der Waals surface area contributed by atoms with Crippen molar-refractivity contribution in [3.8, 4) is 0 Å². The predicted molar refractivity (Wildman–Crippen MR) is 111 cm³/mol. The van der Waals surface area contributed by atoms with Gasteiger partial charge in [0.1, 0.15) is 0 Å². The Morgan fingerprint density at radius 2 is 1.41 bits per heavy atom. The van der Waals surface area contributed by atoms with E-state index in [9.17, 15) is 22.8 Å². The molecule has 0 atom stereocenters. The summed E-state index contributed by atoms with van der Waals surface area (Å²) in [6.07, 6.45) is -4.42. The van der Waals surface area contributed by atoms with Crippen LogP contribution in [0, 0.1) is 0 Å². The zero-order valence-electron chi connectivity index (χ0n) is 14.9. The number of hydrogen-bond acceptors (Lipinski definition) is 4. The molecule has 0 aliphatic rings. The number of hydrogen-bond donors (Lipinski definition) is 4. The fraction of sp³-hybridized carbons (Fsp3) is 0.167. The largest absolute Gasteiger partial charge is 0.416 e. The highest BCUT2D eigenvalue weighted by Crippen LogP contribution is 2.29. The highest BCUT2D eigenvalue weighted by atomic mass is 32.2. The number of alkyl halides is 3.